The van der Waals surface area contributed by atoms with Crippen LogP contribution in [-0.2, 0) is 11.8 Å². The van der Waals surface area contributed by atoms with Gasteiger partial charge in [0.05, 0.1) is 6.10 Å². The van der Waals surface area contributed by atoms with Gasteiger partial charge in [0, 0.05) is 80.8 Å². The molecule has 2 aliphatic heterocycles. The number of rotatable bonds is 8. The monoisotopic (exact) mass is 584 g/mol. The van der Waals surface area contributed by atoms with Crippen molar-refractivity contribution in [3.8, 4) is 28.3 Å². The molecule has 0 saturated carbocycles. The van der Waals surface area contributed by atoms with E-state index in [2.05, 4.69) is 25.4 Å². The van der Waals surface area contributed by atoms with Crippen LogP contribution in [0.5, 0.6) is 5.75 Å². The van der Waals surface area contributed by atoms with Gasteiger partial charge < -0.3 is 25.4 Å². The first-order valence-electron chi connectivity index (χ1n) is 13.4. The number of nitrogens with one attached hydrogen (secondary N) is 1. The van der Waals surface area contributed by atoms with Crippen LogP contribution < -0.4 is 20.7 Å². The Morgan fingerprint density at radius 1 is 1.12 bits per heavy atom. The molecule has 10 nitrogen and oxygen atoms in total. The molecule has 4 aromatic rings. The molecule has 1 atom stereocenters. The van der Waals surface area contributed by atoms with Gasteiger partial charge in [-0.05, 0) is 30.3 Å². The highest BCUT2D eigenvalue weighted by Gasteiger charge is 2.35. The predicted molar refractivity (Wildman–Crippen MR) is 148 cm³/mol. The second kappa shape index (κ2) is 11.1. The number of pyridine rings is 2. The molecule has 6 rings (SSSR count). The van der Waals surface area contributed by atoms with E-state index in [1.54, 1.807) is 30.3 Å². The molecule has 0 amide bonds. The number of aryl methyl sites for hydroxylation is 1. The van der Waals surface area contributed by atoms with Gasteiger partial charge in [0.1, 0.15) is 12.4 Å². The third-order valence-electron chi connectivity index (χ3n) is 7.30. The Kier molecular flexibility index (Phi) is 7.31. The number of anilines is 4. The average molecular weight is 585 g/mol. The van der Waals surface area contributed by atoms with Crippen LogP contribution in [0.2, 0.25) is 0 Å². The molecule has 1 unspecified atom stereocenters. The molecule has 220 valence electrons. The summed E-state index contributed by atoms with van der Waals surface area (Å²) in [4.78, 5) is 14.5. The average Bonchev–Trinajstić information content (AvgIpc) is 3.30. The molecule has 42 heavy (non-hydrogen) atoms. The Morgan fingerprint density at radius 2 is 1.90 bits per heavy atom. The number of nitrogen functional groups attached to an aromatic ring is 1. The number of hydrogen-bond acceptors (Lipinski definition) is 9. The van der Waals surface area contributed by atoms with Gasteiger partial charge in [0.25, 0.3) is 5.92 Å². The first-order chi connectivity index (χ1) is 20.2. The first kappa shape index (κ1) is 27.7. The highest BCUT2D eigenvalue weighted by Crippen LogP contribution is 2.36. The normalized spacial score (nSPS) is 18.0. The molecule has 1 aromatic carbocycles. The number of nitrogens with two attached hydrogens (primary N) is 1. The van der Waals surface area contributed by atoms with E-state index in [1.165, 1.54) is 29.1 Å². The summed E-state index contributed by atoms with van der Waals surface area (Å²) in [5, 5.41) is 7.48. The van der Waals surface area contributed by atoms with Crippen LogP contribution >= 0.6 is 0 Å². The highest BCUT2D eigenvalue weighted by atomic mass is 19.3. The lowest BCUT2D eigenvalue weighted by atomic mass is 10.1. The van der Waals surface area contributed by atoms with E-state index >= 15 is 0 Å². The van der Waals surface area contributed by atoms with Gasteiger partial charge >= 0.3 is 0 Å². The van der Waals surface area contributed by atoms with Crippen LogP contribution in [0.1, 0.15) is 19.3 Å². The zero-order valence-corrected chi connectivity index (χ0v) is 22.7. The lowest BCUT2D eigenvalue weighted by Gasteiger charge is -2.34. The van der Waals surface area contributed by atoms with Gasteiger partial charge in [-0.2, -0.15) is 4.98 Å². The second-order valence-corrected chi connectivity index (χ2v) is 10.2. The Bertz CT molecular complexity index is 1600. The summed E-state index contributed by atoms with van der Waals surface area (Å²) < 4.78 is 69.9. The molecule has 3 aromatic heterocycles. The Balaban J connectivity index is 1.23. The fourth-order valence-corrected chi connectivity index (χ4v) is 4.77. The molecule has 0 aliphatic carbocycles. The molecule has 5 heterocycles. The summed E-state index contributed by atoms with van der Waals surface area (Å²) in [6.07, 6.45) is 3.21. The molecular weight excluding hydrogens is 556 g/mol. The lowest BCUT2D eigenvalue weighted by molar-refractivity contribution is -0.0720. The van der Waals surface area contributed by atoms with E-state index in [0.717, 1.165) is 6.42 Å². The number of aromatic nitrogens is 5. The van der Waals surface area contributed by atoms with Crippen molar-refractivity contribution >= 4 is 23.3 Å². The fourth-order valence-electron chi connectivity index (χ4n) is 4.77. The smallest absolute Gasteiger partial charge is 0.251 e. The zero-order chi connectivity index (χ0) is 29.4. The predicted octanol–water partition coefficient (Wildman–Crippen LogP) is 4.95. The van der Waals surface area contributed by atoms with Gasteiger partial charge in [-0.15, -0.1) is 5.10 Å². The summed E-state index contributed by atoms with van der Waals surface area (Å²) in [6, 6.07) is 7.31. The SMILES string of the molecule is Cn1nc(-c2cnc(N3CCC(F)(F)CC3)c(OCC3CCO3)c2)nc1Nc1ccc(-c2ccnc(N)c2F)c(F)c1. The fraction of sp³-hybridized carbons (Fsp3) is 0.357. The lowest BCUT2D eigenvalue weighted by Crippen LogP contribution is -2.40. The highest BCUT2D eigenvalue weighted by molar-refractivity contribution is 5.71. The number of benzene rings is 1. The van der Waals surface area contributed by atoms with Crippen LogP contribution in [0.15, 0.2) is 42.7 Å². The van der Waals surface area contributed by atoms with Crippen molar-refractivity contribution in [1.82, 2.24) is 24.7 Å². The summed E-state index contributed by atoms with van der Waals surface area (Å²) in [6.45, 7) is 1.29. The largest absolute Gasteiger partial charge is 0.487 e. The molecule has 0 spiro atoms. The summed E-state index contributed by atoms with van der Waals surface area (Å²) in [5.41, 5.74) is 6.47. The molecule has 0 radical (unpaired) electrons. The van der Waals surface area contributed by atoms with E-state index in [0.29, 0.717) is 47.8 Å². The van der Waals surface area contributed by atoms with Gasteiger partial charge in [0.15, 0.2) is 29.0 Å². The number of hydrogen-bond donors (Lipinski definition) is 2. The van der Waals surface area contributed by atoms with Crippen LogP contribution in [0.25, 0.3) is 22.5 Å². The number of halogens is 4. The van der Waals surface area contributed by atoms with Gasteiger partial charge in [0.2, 0.25) is 5.95 Å². The minimum absolute atomic E-state index is 0.00333. The molecule has 0 bridgehead atoms. The topological polar surface area (TPSA) is 116 Å². The Hall–Kier alpha value is -4.46. The minimum atomic E-state index is -2.69. The quantitative estimate of drug-likeness (QED) is 0.278. The van der Waals surface area contributed by atoms with Crippen molar-refractivity contribution in [2.24, 2.45) is 7.05 Å². The Labute approximate surface area is 238 Å². The first-order valence-corrected chi connectivity index (χ1v) is 13.4. The molecule has 2 aliphatic rings. The van der Waals surface area contributed by atoms with E-state index in [9.17, 15) is 17.6 Å². The summed E-state index contributed by atoms with van der Waals surface area (Å²) >= 11 is 0. The number of piperidine rings is 1. The maximum Gasteiger partial charge on any atom is 0.251 e. The third-order valence-corrected chi connectivity index (χ3v) is 7.30. The molecular formula is C28H28F4N8O2. The van der Waals surface area contributed by atoms with Gasteiger partial charge in [-0.3, -0.25) is 0 Å². The van der Waals surface area contributed by atoms with E-state index < -0.39 is 17.6 Å². The maximum atomic E-state index is 15.0. The van der Waals surface area contributed by atoms with Crippen molar-refractivity contribution in [2.75, 3.05) is 42.3 Å². The molecule has 2 saturated heterocycles. The number of nitrogens with zero attached hydrogens (tertiary/aromatic N) is 6. The molecule has 2 fully saturated rings. The van der Waals surface area contributed by atoms with Crippen molar-refractivity contribution in [2.45, 2.75) is 31.3 Å². The van der Waals surface area contributed by atoms with Crippen molar-refractivity contribution in [3.05, 3.63) is 54.4 Å². The molecule has 3 N–H and O–H groups in total. The second-order valence-electron chi connectivity index (χ2n) is 10.2. The number of ether oxygens (including phenoxy) is 2. The van der Waals surface area contributed by atoms with Crippen LogP contribution in [0.4, 0.5) is 40.8 Å². The van der Waals surface area contributed by atoms with Crippen LogP contribution in [-0.4, -0.2) is 63.1 Å². The van der Waals surface area contributed by atoms with Crippen LogP contribution in [0, 0.1) is 11.6 Å². The summed E-state index contributed by atoms with van der Waals surface area (Å²) in [7, 11) is 1.67. The molecule has 14 heteroatoms. The van der Waals surface area contributed by atoms with Crippen molar-refractivity contribution in [1.29, 1.82) is 0 Å². The van der Waals surface area contributed by atoms with Gasteiger partial charge in [-0.1, -0.05) is 0 Å². The summed E-state index contributed by atoms with van der Waals surface area (Å²) in [5.74, 6) is -2.93. The maximum absolute atomic E-state index is 15.0. The van der Waals surface area contributed by atoms with E-state index in [4.69, 9.17) is 15.2 Å². The van der Waals surface area contributed by atoms with E-state index in [-0.39, 0.29) is 49.0 Å². The van der Waals surface area contributed by atoms with Crippen molar-refractivity contribution < 1.29 is 27.0 Å². The zero-order valence-electron chi connectivity index (χ0n) is 22.7. The standard InChI is InChI=1S/C28H28F4N8O2/c1-39-27(36-17-2-3-19(21(29)13-17)20-4-8-34-24(33)23(20)30)37-25(38-39)16-12-22(42-15-18-5-11-41-18)26(35-14-16)40-9-6-28(31,32)7-10-40/h2-4,8,12-14,18H,5-7,9-11,15H2,1H3,(H2,33,34)(H,36,37,38). The minimum Gasteiger partial charge on any atom is -0.487 e. The van der Waals surface area contributed by atoms with Gasteiger partial charge in [-0.25, -0.2) is 32.2 Å². The van der Waals surface area contributed by atoms with E-state index in [1.807, 2.05) is 0 Å². The third kappa shape index (κ3) is 5.66. The van der Waals surface area contributed by atoms with Crippen molar-refractivity contribution in [3.63, 3.8) is 0 Å². The van der Waals surface area contributed by atoms with Crippen LogP contribution in [0.3, 0.4) is 0 Å². The number of alkyl halides is 2. The Morgan fingerprint density at radius 3 is 2.62 bits per heavy atom.